The quantitative estimate of drug-likeness (QED) is 0.892. The minimum absolute atomic E-state index is 0.330. The number of aromatic nitrogens is 1. The Morgan fingerprint density at radius 1 is 1.44 bits per heavy atom. The number of hydrogen-bond acceptors (Lipinski definition) is 4. The van der Waals surface area contributed by atoms with Crippen LogP contribution in [-0.4, -0.2) is 19.9 Å². The predicted octanol–water partition coefficient (Wildman–Crippen LogP) is 2.61. The fourth-order valence-electron chi connectivity index (χ4n) is 1.33. The molecule has 0 fully saturated rings. The maximum Gasteiger partial charge on any atom is 0.300 e. The van der Waals surface area contributed by atoms with Crippen molar-refractivity contribution in [1.29, 1.82) is 0 Å². The largest absolute Gasteiger partial charge is 0.300 e. The highest BCUT2D eigenvalue weighted by molar-refractivity contribution is 7.91. The summed E-state index contributed by atoms with van der Waals surface area (Å²) in [4.78, 5) is 4.18. The first kappa shape index (κ1) is 13.5. The predicted molar refractivity (Wildman–Crippen MR) is 75.5 cm³/mol. The van der Waals surface area contributed by atoms with Crippen molar-refractivity contribution in [2.24, 2.45) is 0 Å². The van der Waals surface area contributed by atoms with Gasteiger partial charge in [-0.3, -0.25) is 0 Å². The van der Waals surface area contributed by atoms with Crippen molar-refractivity contribution >= 4 is 48.5 Å². The summed E-state index contributed by atoms with van der Waals surface area (Å²) in [6.07, 6.45) is 0.733. The van der Waals surface area contributed by atoms with Gasteiger partial charge in [0.2, 0.25) is 0 Å². The van der Waals surface area contributed by atoms with Gasteiger partial charge >= 0.3 is 10.2 Å². The molecule has 98 valence electrons. The summed E-state index contributed by atoms with van der Waals surface area (Å²) in [5.74, 6) is 0. The molecule has 0 saturated heterocycles. The monoisotopic (exact) mass is 305 g/mol. The maximum absolute atomic E-state index is 11.6. The van der Waals surface area contributed by atoms with Crippen molar-refractivity contribution in [2.75, 3.05) is 11.3 Å². The lowest BCUT2D eigenvalue weighted by atomic mass is 10.3. The van der Waals surface area contributed by atoms with Crippen LogP contribution in [-0.2, 0) is 10.2 Å². The van der Waals surface area contributed by atoms with E-state index in [9.17, 15) is 8.42 Å². The van der Waals surface area contributed by atoms with Crippen LogP contribution in [0.15, 0.2) is 18.2 Å². The first-order valence-electron chi connectivity index (χ1n) is 5.33. The molecule has 0 atom stereocenters. The lowest BCUT2D eigenvalue weighted by Crippen LogP contribution is -2.30. The third kappa shape index (κ3) is 3.32. The van der Waals surface area contributed by atoms with Crippen molar-refractivity contribution in [3.63, 3.8) is 0 Å². The Kier molecular flexibility index (Phi) is 4.06. The Labute approximate surface area is 114 Å². The summed E-state index contributed by atoms with van der Waals surface area (Å²) in [5.41, 5.74) is 0.720. The zero-order valence-electron chi connectivity index (χ0n) is 9.60. The van der Waals surface area contributed by atoms with Crippen LogP contribution in [0.5, 0.6) is 0 Å². The van der Waals surface area contributed by atoms with Gasteiger partial charge < -0.3 is 0 Å². The highest BCUT2D eigenvalue weighted by Crippen LogP contribution is 2.28. The van der Waals surface area contributed by atoms with Gasteiger partial charge in [0.15, 0.2) is 5.13 Å². The number of nitrogens with zero attached hydrogens (tertiary/aromatic N) is 1. The van der Waals surface area contributed by atoms with E-state index in [2.05, 4.69) is 14.4 Å². The lowest BCUT2D eigenvalue weighted by Gasteiger charge is -2.04. The second-order valence-electron chi connectivity index (χ2n) is 3.63. The summed E-state index contributed by atoms with van der Waals surface area (Å²) < 4.78 is 28.9. The normalized spacial score (nSPS) is 11.9. The van der Waals surface area contributed by atoms with Gasteiger partial charge in [0.25, 0.3) is 0 Å². The molecule has 8 heteroatoms. The average Bonchev–Trinajstić information content (AvgIpc) is 2.66. The molecular formula is C10H12ClN3O2S2. The molecule has 0 aliphatic rings. The zero-order chi connectivity index (χ0) is 13.2. The van der Waals surface area contributed by atoms with E-state index in [1.807, 2.05) is 6.92 Å². The van der Waals surface area contributed by atoms with Crippen LogP contribution in [0.2, 0.25) is 5.02 Å². The highest BCUT2D eigenvalue weighted by atomic mass is 35.5. The van der Waals surface area contributed by atoms with Crippen LogP contribution in [0.25, 0.3) is 10.2 Å². The van der Waals surface area contributed by atoms with Crippen molar-refractivity contribution in [2.45, 2.75) is 13.3 Å². The van der Waals surface area contributed by atoms with Crippen LogP contribution in [0, 0.1) is 0 Å². The van der Waals surface area contributed by atoms with E-state index in [1.54, 1.807) is 18.2 Å². The molecule has 18 heavy (non-hydrogen) atoms. The standard InChI is InChI=1S/C10H12ClN3O2S2/c1-2-5-12-18(15,16)14-10-13-8-4-3-7(11)6-9(8)17-10/h3-4,6,12H,2,5H2,1H3,(H,13,14). The first-order chi connectivity index (χ1) is 8.50. The Bertz CT molecular complexity index is 654. The Hall–Kier alpha value is -0.890. The molecule has 0 aliphatic heterocycles. The molecule has 0 spiro atoms. The van der Waals surface area contributed by atoms with Crippen LogP contribution >= 0.6 is 22.9 Å². The van der Waals surface area contributed by atoms with E-state index in [0.29, 0.717) is 16.7 Å². The third-order valence-corrected chi connectivity index (χ3v) is 4.46. The number of halogens is 1. The molecule has 0 bridgehead atoms. The molecule has 2 N–H and O–H groups in total. The molecule has 0 aliphatic carbocycles. The molecule has 0 radical (unpaired) electrons. The lowest BCUT2D eigenvalue weighted by molar-refractivity contribution is 0.586. The van der Waals surface area contributed by atoms with Gasteiger partial charge in [-0.05, 0) is 24.6 Å². The van der Waals surface area contributed by atoms with Crippen molar-refractivity contribution in [3.8, 4) is 0 Å². The van der Waals surface area contributed by atoms with E-state index >= 15 is 0 Å². The summed E-state index contributed by atoms with van der Waals surface area (Å²) in [6.45, 7) is 2.29. The number of hydrogen-bond donors (Lipinski definition) is 2. The second-order valence-corrected chi connectivity index (χ2v) is 6.60. The second kappa shape index (κ2) is 5.40. The van der Waals surface area contributed by atoms with E-state index in [1.165, 1.54) is 11.3 Å². The Balaban J connectivity index is 2.22. The van der Waals surface area contributed by atoms with Crippen molar-refractivity contribution in [1.82, 2.24) is 9.71 Å². The number of fused-ring (bicyclic) bond motifs is 1. The fourth-order valence-corrected chi connectivity index (χ4v) is 3.64. The van der Waals surface area contributed by atoms with Gasteiger partial charge in [0, 0.05) is 11.6 Å². The molecular weight excluding hydrogens is 294 g/mol. The van der Waals surface area contributed by atoms with E-state index in [4.69, 9.17) is 11.6 Å². The molecule has 5 nitrogen and oxygen atoms in total. The summed E-state index contributed by atoms with van der Waals surface area (Å²) in [7, 11) is -3.54. The van der Waals surface area contributed by atoms with Crippen LogP contribution in [0.4, 0.5) is 5.13 Å². The molecule has 1 aromatic heterocycles. The van der Waals surface area contributed by atoms with Gasteiger partial charge in [-0.2, -0.15) is 13.1 Å². The Morgan fingerprint density at radius 2 is 2.22 bits per heavy atom. The fraction of sp³-hybridized carbons (Fsp3) is 0.300. The third-order valence-electron chi connectivity index (χ3n) is 2.11. The minimum atomic E-state index is -3.54. The molecule has 0 unspecified atom stereocenters. The number of anilines is 1. The van der Waals surface area contributed by atoms with E-state index in [-0.39, 0.29) is 0 Å². The highest BCUT2D eigenvalue weighted by Gasteiger charge is 2.12. The number of thiazole rings is 1. The maximum atomic E-state index is 11.6. The van der Waals surface area contributed by atoms with Gasteiger partial charge in [-0.15, -0.1) is 0 Å². The smallest absolute Gasteiger partial charge is 0.246 e. The summed E-state index contributed by atoms with van der Waals surface area (Å²) >= 11 is 7.10. The van der Waals surface area contributed by atoms with Gasteiger partial charge in [-0.25, -0.2) is 9.71 Å². The first-order valence-corrected chi connectivity index (χ1v) is 8.01. The van der Waals surface area contributed by atoms with Crippen LogP contribution < -0.4 is 9.44 Å². The molecule has 2 aromatic rings. The molecule has 0 amide bonds. The summed E-state index contributed by atoms with van der Waals surface area (Å²) in [5, 5.41) is 0.931. The van der Waals surface area contributed by atoms with Gasteiger partial charge in [-0.1, -0.05) is 29.9 Å². The van der Waals surface area contributed by atoms with E-state index in [0.717, 1.165) is 16.6 Å². The van der Waals surface area contributed by atoms with Crippen LogP contribution in [0.3, 0.4) is 0 Å². The molecule has 0 saturated carbocycles. The van der Waals surface area contributed by atoms with Gasteiger partial charge in [0.05, 0.1) is 10.2 Å². The summed E-state index contributed by atoms with van der Waals surface area (Å²) in [6, 6.07) is 5.23. The topological polar surface area (TPSA) is 71.1 Å². The van der Waals surface area contributed by atoms with Crippen LogP contribution in [0.1, 0.15) is 13.3 Å². The van der Waals surface area contributed by atoms with Crippen molar-refractivity contribution in [3.05, 3.63) is 23.2 Å². The Morgan fingerprint density at radius 3 is 2.94 bits per heavy atom. The number of benzene rings is 1. The van der Waals surface area contributed by atoms with E-state index < -0.39 is 10.2 Å². The van der Waals surface area contributed by atoms with Crippen molar-refractivity contribution < 1.29 is 8.42 Å². The number of nitrogens with one attached hydrogen (secondary N) is 2. The molecule has 1 aromatic carbocycles. The SMILES string of the molecule is CCCNS(=O)(=O)Nc1nc2ccc(Cl)cc2s1. The molecule has 2 rings (SSSR count). The number of rotatable bonds is 5. The zero-order valence-corrected chi connectivity index (χ0v) is 12.0. The minimum Gasteiger partial charge on any atom is -0.246 e. The van der Waals surface area contributed by atoms with Gasteiger partial charge in [0.1, 0.15) is 0 Å². The molecule has 1 heterocycles. The average molecular weight is 306 g/mol.